The number of nitrogens with one attached hydrogen (secondary N) is 1. The highest BCUT2D eigenvalue weighted by Crippen LogP contribution is 2.22. The minimum atomic E-state index is -0.00132. The molecule has 1 aromatic heterocycles. The van der Waals surface area contributed by atoms with Crippen LogP contribution in [0.4, 0.5) is 9.80 Å². The number of thiophene rings is 1. The van der Waals surface area contributed by atoms with Crippen molar-refractivity contribution >= 4 is 28.3 Å². The van der Waals surface area contributed by atoms with Crippen molar-refractivity contribution in [1.29, 1.82) is 0 Å². The molecule has 0 radical (unpaired) electrons. The van der Waals surface area contributed by atoms with Crippen molar-refractivity contribution in [1.82, 2.24) is 15.1 Å². The maximum atomic E-state index is 12.3. The molecule has 2 fully saturated rings. The third kappa shape index (κ3) is 3.35. The van der Waals surface area contributed by atoms with E-state index in [1.54, 1.807) is 23.3 Å². The molecule has 3 heterocycles. The van der Waals surface area contributed by atoms with Crippen molar-refractivity contribution in [3.05, 3.63) is 17.5 Å². The number of piperidine rings is 1. The molecule has 0 bridgehead atoms. The molecule has 120 valence electrons. The van der Waals surface area contributed by atoms with Crippen molar-refractivity contribution < 1.29 is 9.59 Å². The standard InChI is InChI=1S/C15H22N4O2S/c1-17-11-12(4-5-13(17)20)16-15(21)19-8-6-18(7-9-19)14-3-2-10-22-14/h2-3,10,12H,4-9,11H2,1H3,(H,16,21)/t12-/m1/s1. The summed E-state index contributed by atoms with van der Waals surface area (Å²) in [7, 11) is 1.79. The monoisotopic (exact) mass is 322 g/mol. The number of hydrogen-bond donors (Lipinski definition) is 1. The number of rotatable bonds is 2. The number of likely N-dealkylation sites (N-methyl/N-ethyl adjacent to an activating group) is 1. The summed E-state index contributed by atoms with van der Waals surface area (Å²) in [6.45, 7) is 3.84. The van der Waals surface area contributed by atoms with E-state index in [2.05, 4.69) is 27.7 Å². The summed E-state index contributed by atoms with van der Waals surface area (Å²) < 4.78 is 0. The lowest BCUT2D eigenvalue weighted by molar-refractivity contribution is -0.132. The molecule has 0 spiro atoms. The molecule has 3 rings (SSSR count). The second kappa shape index (κ2) is 6.56. The largest absolute Gasteiger partial charge is 0.360 e. The van der Waals surface area contributed by atoms with Gasteiger partial charge in [-0.1, -0.05) is 0 Å². The van der Waals surface area contributed by atoms with Gasteiger partial charge in [-0.15, -0.1) is 11.3 Å². The molecule has 6 nitrogen and oxygen atoms in total. The van der Waals surface area contributed by atoms with Gasteiger partial charge in [-0.25, -0.2) is 4.79 Å². The number of carbonyl (C=O) groups excluding carboxylic acids is 2. The average molecular weight is 322 g/mol. The highest BCUT2D eigenvalue weighted by Gasteiger charge is 2.27. The van der Waals surface area contributed by atoms with E-state index >= 15 is 0 Å². The summed E-state index contributed by atoms with van der Waals surface area (Å²) in [4.78, 5) is 29.7. The van der Waals surface area contributed by atoms with Crippen molar-refractivity contribution in [2.24, 2.45) is 0 Å². The molecule has 0 aliphatic carbocycles. The predicted molar refractivity (Wildman–Crippen MR) is 87.3 cm³/mol. The zero-order valence-electron chi connectivity index (χ0n) is 12.8. The Balaban J connectivity index is 1.47. The minimum absolute atomic E-state index is 0.00132. The van der Waals surface area contributed by atoms with Crippen LogP contribution in [0.25, 0.3) is 0 Å². The van der Waals surface area contributed by atoms with E-state index in [1.807, 2.05) is 4.90 Å². The van der Waals surface area contributed by atoms with Crippen LogP contribution in [-0.4, -0.2) is 67.6 Å². The van der Waals surface area contributed by atoms with E-state index in [0.29, 0.717) is 13.0 Å². The Kier molecular flexibility index (Phi) is 4.52. The van der Waals surface area contributed by atoms with Gasteiger partial charge in [0.25, 0.3) is 0 Å². The van der Waals surface area contributed by atoms with Crippen LogP contribution < -0.4 is 10.2 Å². The lowest BCUT2D eigenvalue weighted by Crippen LogP contribution is -2.56. The zero-order chi connectivity index (χ0) is 15.5. The first-order valence-electron chi connectivity index (χ1n) is 7.71. The van der Waals surface area contributed by atoms with Crippen LogP contribution in [0.15, 0.2) is 17.5 Å². The summed E-state index contributed by atoms with van der Waals surface area (Å²) >= 11 is 1.74. The second-order valence-electron chi connectivity index (χ2n) is 5.88. The Bertz CT molecular complexity index is 526. The Morgan fingerprint density at radius 2 is 2.09 bits per heavy atom. The van der Waals surface area contributed by atoms with E-state index in [0.717, 1.165) is 32.6 Å². The highest BCUT2D eigenvalue weighted by atomic mass is 32.1. The third-order valence-corrected chi connectivity index (χ3v) is 5.27. The molecular formula is C15H22N4O2S. The van der Waals surface area contributed by atoms with Gasteiger partial charge >= 0.3 is 6.03 Å². The van der Waals surface area contributed by atoms with Crippen LogP contribution in [0.3, 0.4) is 0 Å². The molecule has 22 heavy (non-hydrogen) atoms. The van der Waals surface area contributed by atoms with Gasteiger partial charge in [0, 0.05) is 52.2 Å². The SMILES string of the molecule is CN1C[C@H](NC(=O)N2CCN(c3cccs3)CC2)CCC1=O. The second-order valence-corrected chi connectivity index (χ2v) is 6.81. The number of amides is 3. The molecule has 0 unspecified atom stereocenters. The van der Waals surface area contributed by atoms with Gasteiger partial charge in [0.2, 0.25) is 5.91 Å². The zero-order valence-corrected chi connectivity index (χ0v) is 13.6. The van der Waals surface area contributed by atoms with Gasteiger partial charge in [-0.2, -0.15) is 0 Å². The molecule has 1 aromatic rings. The molecule has 0 aromatic carbocycles. The smallest absolute Gasteiger partial charge is 0.317 e. The number of anilines is 1. The number of nitrogens with zero attached hydrogens (tertiary/aromatic N) is 3. The van der Waals surface area contributed by atoms with Gasteiger partial charge in [-0.05, 0) is 23.9 Å². The molecular weight excluding hydrogens is 300 g/mol. The molecule has 1 N–H and O–H groups in total. The maximum absolute atomic E-state index is 12.3. The van der Waals surface area contributed by atoms with Crippen LogP contribution in [0.5, 0.6) is 0 Å². The van der Waals surface area contributed by atoms with Gasteiger partial charge in [0.05, 0.1) is 5.00 Å². The van der Waals surface area contributed by atoms with Crippen LogP contribution in [0.2, 0.25) is 0 Å². The topological polar surface area (TPSA) is 55.9 Å². The Morgan fingerprint density at radius 3 is 2.73 bits per heavy atom. The normalized spacial score (nSPS) is 22.9. The molecule has 3 amide bonds. The van der Waals surface area contributed by atoms with Crippen LogP contribution in [0.1, 0.15) is 12.8 Å². The number of likely N-dealkylation sites (tertiary alicyclic amines) is 1. The Hall–Kier alpha value is -1.76. The van der Waals surface area contributed by atoms with Gasteiger partial charge < -0.3 is 20.0 Å². The van der Waals surface area contributed by atoms with Gasteiger partial charge in [0.15, 0.2) is 0 Å². The maximum Gasteiger partial charge on any atom is 0.317 e. The van der Waals surface area contributed by atoms with Crippen LogP contribution in [0, 0.1) is 0 Å². The van der Waals surface area contributed by atoms with Crippen LogP contribution in [-0.2, 0) is 4.79 Å². The van der Waals surface area contributed by atoms with Crippen LogP contribution >= 0.6 is 11.3 Å². The molecule has 0 saturated carbocycles. The number of hydrogen-bond acceptors (Lipinski definition) is 4. The van der Waals surface area contributed by atoms with Gasteiger partial charge in [0.1, 0.15) is 0 Å². The summed E-state index contributed by atoms with van der Waals surface area (Å²) in [6.07, 6.45) is 1.26. The van der Waals surface area contributed by atoms with E-state index in [4.69, 9.17) is 0 Å². The molecule has 2 aliphatic heterocycles. The van der Waals surface area contributed by atoms with E-state index < -0.39 is 0 Å². The molecule has 2 aliphatic rings. The summed E-state index contributed by atoms with van der Waals surface area (Å²) in [5.74, 6) is 0.162. The first-order chi connectivity index (χ1) is 10.6. The van der Waals surface area contributed by atoms with Crippen molar-refractivity contribution in [2.75, 3.05) is 44.7 Å². The summed E-state index contributed by atoms with van der Waals surface area (Å²) in [5.41, 5.74) is 0. The minimum Gasteiger partial charge on any atom is -0.360 e. The number of carbonyl (C=O) groups is 2. The fourth-order valence-electron chi connectivity index (χ4n) is 2.98. The van der Waals surface area contributed by atoms with Crippen molar-refractivity contribution in [2.45, 2.75) is 18.9 Å². The number of urea groups is 1. The third-order valence-electron chi connectivity index (χ3n) is 4.34. The Morgan fingerprint density at radius 1 is 1.32 bits per heavy atom. The number of piperazine rings is 1. The Labute approximate surface area is 134 Å². The van der Waals surface area contributed by atoms with Crippen molar-refractivity contribution in [3.8, 4) is 0 Å². The summed E-state index contributed by atoms with van der Waals surface area (Å²) in [6, 6.07) is 4.25. The quantitative estimate of drug-likeness (QED) is 0.890. The van der Waals surface area contributed by atoms with Crippen molar-refractivity contribution in [3.63, 3.8) is 0 Å². The van der Waals surface area contributed by atoms with Gasteiger partial charge in [-0.3, -0.25) is 4.79 Å². The first-order valence-corrected chi connectivity index (χ1v) is 8.59. The fourth-order valence-corrected chi connectivity index (χ4v) is 3.76. The molecule has 1 atom stereocenters. The lowest BCUT2D eigenvalue weighted by Gasteiger charge is -2.37. The van der Waals surface area contributed by atoms with E-state index in [1.165, 1.54) is 5.00 Å². The highest BCUT2D eigenvalue weighted by molar-refractivity contribution is 7.14. The average Bonchev–Trinajstić information content (AvgIpc) is 3.05. The van der Waals surface area contributed by atoms with E-state index in [-0.39, 0.29) is 18.0 Å². The fraction of sp³-hybridized carbons (Fsp3) is 0.600. The summed E-state index contributed by atoms with van der Waals surface area (Å²) in [5, 5.41) is 6.42. The van der Waals surface area contributed by atoms with E-state index in [9.17, 15) is 9.59 Å². The molecule has 7 heteroatoms. The first kappa shape index (κ1) is 15.1. The predicted octanol–water partition coefficient (Wildman–Crippen LogP) is 1.20. The lowest BCUT2D eigenvalue weighted by atomic mass is 10.1. The molecule has 2 saturated heterocycles.